The number of nitriles is 1. The van der Waals surface area contributed by atoms with Crippen LogP contribution in [0.3, 0.4) is 0 Å². The normalized spacial score (nSPS) is 17.5. The van der Waals surface area contributed by atoms with Crippen LogP contribution in [0.25, 0.3) is 0 Å². The molecule has 1 aromatic carbocycles. The summed E-state index contributed by atoms with van der Waals surface area (Å²) in [6, 6.07) is 4.79. The zero-order valence-electron chi connectivity index (χ0n) is 16.4. The average Bonchev–Trinajstić information content (AvgIpc) is 2.69. The summed E-state index contributed by atoms with van der Waals surface area (Å²) in [6.45, 7) is 2.85. The van der Waals surface area contributed by atoms with E-state index in [9.17, 15) is 27.2 Å². The maximum atomic E-state index is 14.2. The fourth-order valence-corrected chi connectivity index (χ4v) is 3.43. The molecule has 31 heavy (non-hydrogen) atoms. The predicted octanol–water partition coefficient (Wildman–Crippen LogP) is 3.18. The Balaban J connectivity index is 1.84. The van der Waals surface area contributed by atoms with Gasteiger partial charge in [-0.05, 0) is 43.8 Å². The molecule has 1 aromatic rings. The highest BCUT2D eigenvalue weighted by molar-refractivity contribution is 6.03. The van der Waals surface area contributed by atoms with Gasteiger partial charge in [0.1, 0.15) is 17.6 Å². The standard InChI is InChI=1S/C21H17F4N4O2/c1-10-14(20(31)29-16-5-6-27-19(18(10)16)21(23,24)25)8-17(30)28-11(2)13-4-3-12(9-26)7-15(13)22/h3-7,11,27H,8H2,1-2H3,(H,28,30)(H,29,31)/t11-/m1/s1. The lowest BCUT2D eigenvalue weighted by molar-refractivity contribution is -0.123. The summed E-state index contributed by atoms with van der Waals surface area (Å²) in [6.07, 6.45) is -2.81. The van der Waals surface area contributed by atoms with E-state index in [0.29, 0.717) is 0 Å². The molecule has 0 saturated heterocycles. The molecule has 0 aromatic heterocycles. The van der Waals surface area contributed by atoms with Crippen molar-refractivity contribution in [1.29, 1.82) is 5.26 Å². The van der Waals surface area contributed by atoms with Gasteiger partial charge in [-0.3, -0.25) is 9.59 Å². The van der Waals surface area contributed by atoms with Crippen LogP contribution in [0.4, 0.5) is 17.6 Å². The van der Waals surface area contributed by atoms with Gasteiger partial charge in [-0.2, -0.15) is 18.4 Å². The molecule has 0 bridgehead atoms. The second-order valence-electron chi connectivity index (χ2n) is 7.01. The monoisotopic (exact) mass is 433 g/mol. The summed E-state index contributed by atoms with van der Waals surface area (Å²) in [4.78, 5) is 24.9. The Morgan fingerprint density at radius 1 is 1.32 bits per heavy atom. The van der Waals surface area contributed by atoms with E-state index >= 15 is 0 Å². The summed E-state index contributed by atoms with van der Waals surface area (Å²) in [5, 5.41) is 15.9. The van der Waals surface area contributed by atoms with Crippen LogP contribution in [0.2, 0.25) is 0 Å². The smallest absolute Gasteiger partial charge is 0.358 e. The fourth-order valence-electron chi connectivity index (χ4n) is 3.43. The van der Waals surface area contributed by atoms with E-state index in [-0.39, 0.29) is 33.9 Å². The summed E-state index contributed by atoms with van der Waals surface area (Å²) < 4.78 is 54.3. The van der Waals surface area contributed by atoms with Gasteiger partial charge in [-0.15, -0.1) is 0 Å². The summed E-state index contributed by atoms with van der Waals surface area (Å²) in [5.41, 5.74) is -1.12. The van der Waals surface area contributed by atoms with Gasteiger partial charge in [0.05, 0.1) is 24.1 Å². The van der Waals surface area contributed by atoms with Gasteiger partial charge in [0.2, 0.25) is 11.8 Å². The molecular weight excluding hydrogens is 416 g/mol. The van der Waals surface area contributed by atoms with Gasteiger partial charge >= 0.3 is 6.18 Å². The number of carbonyl (C=O) groups excluding carboxylic acids is 2. The molecule has 2 aliphatic heterocycles. The van der Waals surface area contributed by atoms with Crippen LogP contribution >= 0.6 is 0 Å². The van der Waals surface area contributed by atoms with Crippen LogP contribution in [-0.4, -0.2) is 18.0 Å². The van der Waals surface area contributed by atoms with Gasteiger partial charge in [0.25, 0.3) is 0 Å². The number of fused-ring (bicyclic) bond motifs is 1. The number of allylic oxidation sites excluding steroid dienone is 1. The molecule has 0 saturated carbocycles. The van der Waals surface area contributed by atoms with E-state index in [1.807, 2.05) is 0 Å². The molecule has 10 heteroatoms. The Kier molecular flexibility index (Phi) is 5.88. The maximum Gasteiger partial charge on any atom is 0.431 e. The lowest BCUT2D eigenvalue weighted by atomic mass is 9.86. The minimum atomic E-state index is -4.69. The number of carbonyl (C=O) groups is 2. The molecule has 2 amide bonds. The number of halogens is 4. The molecule has 3 N–H and O–H groups in total. The molecule has 1 radical (unpaired) electrons. The number of rotatable bonds is 4. The molecule has 6 nitrogen and oxygen atoms in total. The number of nitrogens with zero attached hydrogens (tertiary/aromatic N) is 1. The largest absolute Gasteiger partial charge is 0.431 e. The fraction of sp³-hybridized carbons (Fsp3) is 0.238. The van der Waals surface area contributed by atoms with E-state index in [2.05, 4.69) is 16.0 Å². The SMILES string of the molecule is CC1=C(CC(=O)N[C@H](C)c2ccc(C#N)cc2F)C(=O)N[C]2C=CNC(C(F)(F)F)=C21. The van der Waals surface area contributed by atoms with E-state index in [0.717, 1.165) is 12.3 Å². The van der Waals surface area contributed by atoms with Crippen molar-refractivity contribution in [2.75, 3.05) is 0 Å². The van der Waals surface area contributed by atoms with E-state index < -0.39 is 42.0 Å². The van der Waals surface area contributed by atoms with E-state index in [1.54, 1.807) is 6.07 Å². The summed E-state index contributed by atoms with van der Waals surface area (Å²) in [5.74, 6) is -2.04. The molecule has 3 rings (SSSR count). The predicted molar refractivity (Wildman–Crippen MR) is 102 cm³/mol. The average molecular weight is 433 g/mol. The molecule has 161 valence electrons. The first-order chi connectivity index (χ1) is 14.5. The number of nitrogens with one attached hydrogen (secondary N) is 3. The zero-order valence-corrected chi connectivity index (χ0v) is 16.4. The molecule has 0 fully saturated rings. The van der Waals surface area contributed by atoms with Gasteiger partial charge in [-0.1, -0.05) is 6.07 Å². The molecule has 0 spiro atoms. The van der Waals surface area contributed by atoms with Gasteiger partial charge in [0, 0.05) is 16.7 Å². The number of hydrogen-bond acceptors (Lipinski definition) is 4. The van der Waals surface area contributed by atoms with E-state index in [4.69, 9.17) is 5.26 Å². The minimum absolute atomic E-state index is 0.00856. The lowest BCUT2D eigenvalue weighted by Gasteiger charge is -2.32. The van der Waals surface area contributed by atoms with Crippen molar-refractivity contribution in [3.8, 4) is 6.07 Å². The minimum Gasteiger partial charge on any atom is -0.358 e. The van der Waals surface area contributed by atoms with Gasteiger partial charge in [-0.25, -0.2) is 4.39 Å². The molecule has 0 unspecified atom stereocenters. The van der Waals surface area contributed by atoms with Crippen molar-refractivity contribution >= 4 is 11.8 Å². The molecule has 1 atom stereocenters. The van der Waals surface area contributed by atoms with Crippen LogP contribution in [0, 0.1) is 23.2 Å². The highest BCUT2D eigenvalue weighted by atomic mass is 19.4. The Labute approximate surface area is 175 Å². The Morgan fingerprint density at radius 3 is 2.65 bits per heavy atom. The molecule has 2 aliphatic rings. The van der Waals surface area contributed by atoms with Crippen molar-refractivity contribution in [2.45, 2.75) is 32.5 Å². The number of hydrogen-bond donors (Lipinski definition) is 3. The van der Waals surface area contributed by atoms with Crippen LogP contribution in [0.1, 0.15) is 37.4 Å². The first kappa shape index (κ1) is 22.1. The zero-order chi connectivity index (χ0) is 22.9. The third-order valence-electron chi connectivity index (χ3n) is 4.94. The van der Waals surface area contributed by atoms with Crippen LogP contribution in [-0.2, 0) is 9.59 Å². The maximum absolute atomic E-state index is 14.2. The Bertz CT molecular complexity index is 1080. The Morgan fingerprint density at radius 2 is 2.03 bits per heavy atom. The van der Waals surface area contributed by atoms with Crippen LogP contribution in [0.5, 0.6) is 0 Å². The molecular formula is C21H17F4N4O2. The van der Waals surface area contributed by atoms with Crippen molar-refractivity contribution in [3.63, 3.8) is 0 Å². The number of benzene rings is 1. The van der Waals surface area contributed by atoms with Gasteiger partial charge < -0.3 is 16.0 Å². The Hall–Kier alpha value is -3.61. The summed E-state index contributed by atoms with van der Waals surface area (Å²) in [7, 11) is 0. The highest BCUT2D eigenvalue weighted by Gasteiger charge is 2.43. The number of dihydropyridines is 1. The van der Waals surface area contributed by atoms with Gasteiger partial charge in [0.15, 0.2) is 0 Å². The molecule has 2 heterocycles. The topological polar surface area (TPSA) is 94.0 Å². The van der Waals surface area contributed by atoms with Crippen molar-refractivity contribution in [2.24, 2.45) is 0 Å². The van der Waals surface area contributed by atoms with Crippen LogP contribution in [0.15, 0.2) is 52.9 Å². The van der Waals surface area contributed by atoms with Crippen LogP contribution < -0.4 is 16.0 Å². The highest BCUT2D eigenvalue weighted by Crippen LogP contribution is 2.39. The third-order valence-corrected chi connectivity index (χ3v) is 4.94. The van der Waals surface area contributed by atoms with Crippen molar-refractivity contribution < 1.29 is 27.2 Å². The number of amides is 2. The van der Waals surface area contributed by atoms with E-state index in [1.165, 1.54) is 32.1 Å². The second kappa shape index (κ2) is 8.26. The lowest BCUT2D eigenvalue weighted by Crippen LogP contribution is -2.42. The summed E-state index contributed by atoms with van der Waals surface area (Å²) >= 11 is 0. The second-order valence-corrected chi connectivity index (χ2v) is 7.01. The third kappa shape index (κ3) is 4.45. The van der Waals surface area contributed by atoms with Crippen molar-refractivity contribution in [3.05, 3.63) is 75.9 Å². The first-order valence-corrected chi connectivity index (χ1v) is 9.15. The van der Waals surface area contributed by atoms with Crippen molar-refractivity contribution in [1.82, 2.24) is 16.0 Å². The number of alkyl halides is 3. The first-order valence-electron chi connectivity index (χ1n) is 9.15. The molecule has 0 aliphatic carbocycles. The quantitative estimate of drug-likeness (QED) is 0.636.